The second-order valence-corrected chi connectivity index (χ2v) is 3.54. The van der Waals surface area contributed by atoms with Crippen LogP contribution in [0.25, 0.3) is 0 Å². The molecule has 0 rings (SSSR count). The molecular formula is C10H23NO. The van der Waals surface area contributed by atoms with Crippen molar-refractivity contribution in [3.8, 4) is 0 Å². The summed E-state index contributed by atoms with van der Waals surface area (Å²) in [5.41, 5.74) is 0. The van der Waals surface area contributed by atoms with Gasteiger partial charge in [0, 0.05) is 19.8 Å². The first-order valence-corrected chi connectivity index (χ1v) is 4.87. The van der Waals surface area contributed by atoms with Crippen molar-refractivity contribution in [1.82, 2.24) is 4.90 Å². The average molecular weight is 173 g/mol. The van der Waals surface area contributed by atoms with Crippen molar-refractivity contribution >= 4 is 0 Å². The molecule has 0 bridgehead atoms. The van der Waals surface area contributed by atoms with Gasteiger partial charge >= 0.3 is 0 Å². The minimum absolute atomic E-state index is 0.699. The second-order valence-electron chi connectivity index (χ2n) is 3.54. The largest absolute Gasteiger partial charge is 0.385 e. The molecule has 0 aliphatic rings. The number of ether oxygens (including phenoxy) is 1. The first-order chi connectivity index (χ1) is 5.72. The molecule has 0 heterocycles. The number of nitrogens with zero attached hydrogens (tertiary/aromatic N) is 1. The average Bonchev–Trinajstić information content (AvgIpc) is 2.04. The van der Waals surface area contributed by atoms with Crippen LogP contribution in [-0.4, -0.2) is 38.8 Å². The van der Waals surface area contributed by atoms with Gasteiger partial charge in [-0.25, -0.2) is 0 Å². The van der Waals surface area contributed by atoms with Crippen LogP contribution in [0.4, 0.5) is 0 Å². The summed E-state index contributed by atoms with van der Waals surface area (Å²) in [7, 11) is 6.07. The Bertz CT molecular complexity index is 85.8. The Labute approximate surface area is 76.9 Å². The standard InChI is InChI=1S/C10H23NO/c1-5-6-7-10(11(2)3)8-9-12-4/h10H,5-9H2,1-4H3. The second kappa shape index (κ2) is 7.56. The van der Waals surface area contributed by atoms with E-state index in [1.165, 1.54) is 19.3 Å². The number of unbranched alkanes of at least 4 members (excludes halogenated alkanes) is 1. The molecule has 0 N–H and O–H groups in total. The van der Waals surface area contributed by atoms with Gasteiger partial charge in [-0.1, -0.05) is 19.8 Å². The van der Waals surface area contributed by atoms with Gasteiger partial charge in [-0.3, -0.25) is 0 Å². The van der Waals surface area contributed by atoms with Crippen molar-refractivity contribution in [2.75, 3.05) is 27.8 Å². The molecule has 74 valence electrons. The molecule has 0 amide bonds. The van der Waals surface area contributed by atoms with E-state index in [4.69, 9.17) is 4.74 Å². The van der Waals surface area contributed by atoms with E-state index in [0.29, 0.717) is 6.04 Å². The van der Waals surface area contributed by atoms with E-state index in [9.17, 15) is 0 Å². The van der Waals surface area contributed by atoms with Crippen LogP contribution in [0.15, 0.2) is 0 Å². The number of methoxy groups -OCH3 is 1. The molecule has 0 aromatic carbocycles. The highest BCUT2D eigenvalue weighted by atomic mass is 16.5. The summed E-state index contributed by atoms with van der Waals surface area (Å²) in [6, 6.07) is 0.699. The monoisotopic (exact) mass is 173 g/mol. The lowest BCUT2D eigenvalue weighted by atomic mass is 10.1. The van der Waals surface area contributed by atoms with Gasteiger partial charge in [0.05, 0.1) is 0 Å². The lowest BCUT2D eigenvalue weighted by Gasteiger charge is -2.23. The van der Waals surface area contributed by atoms with E-state index in [-0.39, 0.29) is 0 Å². The topological polar surface area (TPSA) is 12.5 Å². The summed E-state index contributed by atoms with van der Waals surface area (Å²) in [5.74, 6) is 0. The molecular weight excluding hydrogens is 150 g/mol. The summed E-state index contributed by atoms with van der Waals surface area (Å²) in [6.45, 7) is 3.12. The van der Waals surface area contributed by atoms with E-state index >= 15 is 0 Å². The molecule has 0 aromatic rings. The molecule has 0 aromatic heterocycles. The Morgan fingerprint density at radius 2 is 1.92 bits per heavy atom. The van der Waals surface area contributed by atoms with Gasteiger partial charge in [0.15, 0.2) is 0 Å². The van der Waals surface area contributed by atoms with Crippen LogP contribution in [-0.2, 0) is 4.74 Å². The van der Waals surface area contributed by atoms with Crippen LogP contribution < -0.4 is 0 Å². The molecule has 2 heteroatoms. The summed E-state index contributed by atoms with van der Waals surface area (Å²) in [4.78, 5) is 2.30. The third-order valence-electron chi connectivity index (χ3n) is 2.28. The Hall–Kier alpha value is -0.0800. The van der Waals surface area contributed by atoms with E-state index in [1.54, 1.807) is 7.11 Å². The zero-order valence-electron chi connectivity index (χ0n) is 8.97. The Morgan fingerprint density at radius 3 is 2.33 bits per heavy atom. The van der Waals surface area contributed by atoms with Crippen molar-refractivity contribution in [3.05, 3.63) is 0 Å². The highest BCUT2D eigenvalue weighted by Gasteiger charge is 2.09. The van der Waals surface area contributed by atoms with E-state index < -0.39 is 0 Å². The third-order valence-corrected chi connectivity index (χ3v) is 2.28. The quantitative estimate of drug-likeness (QED) is 0.585. The van der Waals surface area contributed by atoms with Crippen LogP contribution in [0.1, 0.15) is 32.6 Å². The molecule has 0 aliphatic heterocycles. The zero-order chi connectivity index (χ0) is 9.40. The van der Waals surface area contributed by atoms with Crippen LogP contribution in [0.5, 0.6) is 0 Å². The summed E-state index contributed by atoms with van der Waals surface area (Å²) in [6.07, 6.45) is 5.07. The Morgan fingerprint density at radius 1 is 1.25 bits per heavy atom. The highest BCUT2D eigenvalue weighted by molar-refractivity contribution is 4.65. The molecule has 0 spiro atoms. The van der Waals surface area contributed by atoms with Crippen molar-refractivity contribution in [2.24, 2.45) is 0 Å². The molecule has 0 fully saturated rings. The molecule has 2 nitrogen and oxygen atoms in total. The minimum Gasteiger partial charge on any atom is -0.385 e. The van der Waals surface area contributed by atoms with E-state index in [0.717, 1.165) is 13.0 Å². The van der Waals surface area contributed by atoms with Gasteiger partial charge in [0.25, 0.3) is 0 Å². The van der Waals surface area contributed by atoms with Crippen molar-refractivity contribution in [1.29, 1.82) is 0 Å². The van der Waals surface area contributed by atoms with Gasteiger partial charge in [0.2, 0.25) is 0 Å². The maximum Gasteiger partial charge on any atom is 0.0477 e. The molecule has 1 unspecified atom stereocenters. The van der Waals surface area contributed by atoms with Gasteiger partial charge < -0.3 is 9.64 Å². The zero-order valence-corrected chi connectivity index (χ0v) is 8.97. The number of hydrogen-bond donors (Lipinski definition) is 0. The fourth-order valence-electron chi connectivity index (χ4n) is 1.35. The van der Waals surface area contributed by atoms with Gasteiger partial charge in [-0.05, 0) is 26.9 Å². The Kier molecular flexibility index (Phi) is 7.51. The van der Waals surface area contributed by atoms with E-state index in [2.05, 4.69) is 25.9 Å². The summed E-state index contributed by atoms with van der Waals surface area (Å²) < 4.78 is 5.08. The molecule has 0 saturated carbocycles. The van der Waals surface area contributed by atoms with Crippen molar-refractivity contribution < 1.29 is 4.74 Å². The summed E-state index contributed by atoms with van der Waals surface area (Å²) in [5, 5.41) is 0. The molecule has 12 heavy (non-hydrogen) atoms. The minimum atomic E-state index is 0.699. The predicted molar refractivity (Wildman–Crippen MR) is 53.5 cm³/mol. The highest BCUT2D eigenvalue weighted by Crippen LogP contribution is 2.09. The number of rotatable bonds is 7. The molecule has 1 atom stereocenters. The van der Waals surface area contributed by atoms with Crippen molar-refractivity contribution in [3.63, 3.8) is 0 Å². The molecule has 0 saturated heterocycles. The van der Waals surface area contributed by atoms with Crippen LogP contribution in [0.2, 0.25) is 0 Å². The van der Waals surface area contributed by atoms with Gasteiger partial charge in [-0.2, -0.15) is 0 Å². The SMILES string of the molecule is CCCCC(CCOC)N(C)C. The van der Waals surface area contributed by atoms with Crippen LogP contribution in [0, 0.1) is 0 Å². The normalized spacial score (nSPS) is 13.8. The molecule has 0 radical (unpaired) electrons. The fourth-order valence-corrected chi connectivity index (χ4v) is 1.35. The van der Waals surface area contributed by atoms with Gasteiger partial charge in [0.1, 0.15) is 0 Å². The lowest BCUT2D eigenvalue weighted by molar-refractivity contribution is 0.153. The maximum absolute atomic E-state index is 5.08. The predicted octanol–water partition coefficient (Wildman–Crippen LogP) is 2.14. The van der Waals surface area contributed by atoms with Crippen LogP contribution in [0.3, 0.4) is 0 Å². The first kappa shape index (κ1) is 11.9. The maximum atomic E-state index is 5.08. The Balaban J connectivity index is 3.55. The number of hydrogen-bond acceptors (Lipinski definition) is 2. The fraction of sp³-hybridized carbons (Fsp3) is 1.00. The van der Waals surface area contributed by atoms with Crippen LogP contribution >= 0.6 is 0 Å². The van der Waals surface area contributed by atoms with Crippen molar-refractivity contribution in [2.45, 2.75) is 38.6 Å². The lowest BCUT2D eigenvalue weighted by Crippen LogP contribution is -2.29. The smallest absolute Gasteiger partial charge is 0.0477 e. The van der Waals surface area contributed by atoms with E-state index in [1.807, 2.05) is 0 Å². The summed E-state index contributed by atoms with van der Waals surface area (Å²) >= 11 is 0. The third kappa shape index (κ3) is 5.56. The molecule has 0 aliphatic carbocycles. The van der Waals surface area contributed by atoms with Gasteiger partial charge in [-0.15, -0.1) is 0 Å². The first-order valence-electron chi connectivity index (χ1n) is 4.87.